The Labute approximate surface area is 115 Å². The Kier molecular flexibility index (Phi) is 2.31. The van der Waals surface area contributed by atoms with Gasteiger partial charge in [0.25, 0.3) is 0 Å². The molecule has 4 nitrogen and oxygen atoms in total. The molecule has 0 radical (unpaired) electrons. The Morgan fingerprint density at radius 2 is 1.05 bits per heavy atom. The Morgan fingerprint density at radius 1 is 0.800 bits per heavy atom. The van der Waals surface area contributed by atoms with Gasteiger partial charge in [-0.05, 0) is 27.7 Å². The molecule has 0 saturated carbocycles. The first kappa shape index (κ1) is 13.3. The van der Waals surface area contributed by atoms with Crippen molar-refractivity contribution in [1.29, 1.82) is 0 Å². The average molecular weight is 282 g/mol. The molecular formula is C14H16F2N2O2. The van der Waals surface area contributed by atoms with Crippen LogP contribution < -0.4 is 0 Å². The predicted molar refractivity (Wildman–Crippen MR) is 67.9 cm³/mol. The number of hydrogen-bond acceptors (Lipinski definition) is 4. The molecule has 0 unspecified atom stereocenters. The van der Waals surface area contributed by atoms with Gasteiger partial charge in [-0.15, -0.1) is 0 Å². The summed E-state index contributed by atoms with van der Waals surface area (Å²) in [6, 6.07) is 0. The average Bonchev–Trinajstić information content (AvgIpc) is 3.14. The topological polar surface area (TPSA) is 40.2 Å². The number of Topliss-reactive ketones (excluding diaryl/α,β-unsaturated/α-hetero) is 2. The normalized spacial score (nSPS) is 27.5. The molecule has 20 heavy (non-hydrogen) atoms. The Morgan fingerprint density at radius 3 is 1.25 bits per heavy atom. The van der Waals surface area contributed by atoms with Crippen LogP contribution in [0.4, 0.5) is 8.78 Å². The maximum absolute atomic E-state index is 14.2. The van der Waals surface area contributed by atoms with E-state index in [1.165, 1.54) is 9.80 Å². The summed E-state index contributed by atoms with van der Waals surface area (Å²) in [5, 5.41) is 0. The minimum Gasteiger partial charge on any atom is -0.357 e. The van der Waals surface area contributed by atoms with Crippen LogP contribution in [0.25, 0.3) is 0 Å². The van der Waals surface area contributed by atoms with Gasteiger partial charge in [-0.3, -0.25) is 9.59 Å². The lowest BCUT2D eigenvalue weighted by Gasteiger charge is -2.20. The summed E-state index contributed by atoms with van der Waals surface area (Å²) in [5.74, 6) is -4.32. The molecule has 2 saturated heterocycles. The minimum absolute atomic E-state index is 0.403. The second kappa shape index (κ2) is 3.48. The maximum atomic E-state index is 14.2. The maximum Gasteiger partial charge on any atom is 0.242 e. The van der Waals surface area contributed by atoms with E-state index in [2.05, 4.69) is 0 Å². The number of halogens is 2. The Hall–Kier alpha value is -1.72. The van der Waals surface area contributed by atoms with E-state index < -0.39 is 45.7 Å². The van der Waals surface area contributed by atoms with Gasteiger partial charge in [0.2, 0.25) is 11.6 Å². The van der Waals surface area contributed by atoms with Gasteiger partial charge in [0, 0.05) is 13.1 Å². The SMILES string of the molecule is CC1(C)CN1C1=C(F)C(=O)C(N2CC2(C)C)=C(F)C1=O. The second-order valence-corrected chi connectivity index (χ2v) is 6.78. The van der Waals surface area contributed by atoms with E-state index in [-0.39, 0.29) is 0 Å². The summed E-state index contributed by atoms with van der Waals surface area (Å²) < 4.78 is 28.5. The third-order valence-corrected chi connectivity index (χ3v) is 4.13. The molecule has 0 atom stereocenters. The number of rotatable bonds is 2. The highest BCUT2D eigenvalue weighted by Gasteiger charge is 2.55. The van der Waals surface area contributed by atoms with Gasteiger partial charge < -0.3 is 9.80 Å². The van der Waals surface area contributed by atoms with E-state index >= 15 is 0 Å². The zero-order valence-corrected chi connectivity index (χ0v) is 11.9. The van der Waals surface area contributed by atoms with Gasteiger partial charge in [0.1, 0.15) is 11.4 Å². The molecular weight excluding hydrogens is 266 g/mol. The molecule has 2 fully saturated rings. The third kappa shape index (κ3) is 1.63. The summed E-state index contributed by atoms with van der Waals surface area (Å²) in [4.78, 5) is 27.0. The number of nitrogens with zero attached hydrogens (tertiary/aromatic N) is 2. The number of carbonyl (C=O) groups excluding carboxylic acids is 2. The van der Waals surface area contributed by atoms with Crippen LogP contribution in [0.15, 0.2) is 23.0 Å². The van der Waals surface area contributed by atoms with E-state index in [9.17, 15) is 18.4 Å². The van der Waals surface area contributed by atoms with E-state index in [0.717, 1.165) is 0 Å². The van der Waals surface area contributed by atoms with Gasteiger partial charge in [-0.2, -0.15) is 0 Å². The quantitative estimate of drug-likeness (QED) is 0.571. The highest BCUT2D eigenvalue weighted by atomic mass is 19.1. The summed E-state index contributed by atoms with van der Waals surface area (Å²) in [7, 11) is 0. The standard InChI is InChI=1S/C14H16F2N2O2/c1-13(2)5-17(13)9-7(15)12(20)10(8(16)11(9)19)18-6-14(18,3)4/h5-6H2,1-4H3. The highest BCUT2D eigenvalue weighted by Crippen LogP contribution is 2.45. The van der Waals surface area contributed by atoms with Crippen LogP contribution in [0.5, 0.6) is 0 Å². The van der Waals surface area contributed by atoms with Crippen LogP contribution in [0, 0.1) is 0 Å². The van der Waals surface area contributed by atoms with Crippen LogP contribution in [-0.4, -0.2) is 45.5 Å². The molecule has 0 N–H and O–H groups in total. The largest absolute Gasteiger partial charge is 0.357 e. The van der Waals surface area contributed by atoms with Crippen molar-refractivity contribution in [3.8, 4) is 0 Å². The first-order valence-corrected chi connectivity index (χ1v) is 6.52. The Bertz CT molecular complexity index is 563. The fourth-order valence-corrected chi connectivity index (χ4v) is 2.57. The Balaban J connectivity index is 2.00. The van der Waals surface area contributed by atoms with Crippen LogP contribution in [0.3, 0.4) is 0 Å². The van der Waals surface area contributed by atoms with Crippen molar-refractivity contribution < 1.29 is 18.4 Å². The highest BCUT2D eigenvalue weighted by molar-refractivity contribution is 6.23. The first-order chi connectivity index (χ1) is 9.08. The first-order valence-electron chi connectivity index (χ1n) is 6.52. The van der Waals surface area contributed by atoms with Crippen LogP contribution in [-0.2, 0) is 9.59 Å². The molecule has 0 aromatic rings. The number of ketones is 2. The summed E-state index contributed by atoms with van der Waals surface area (Å²) >= 11 is 0. The lowest BCUT2D eigenvalue weighted by atomic mass is 10.0. The number of allylic oxidation sites excluding steroid dienone is 2. The zero-order chi connectivity index (χ0) is 15.0. The smallest absolute Gasteiger partial charge is 0.242 e. The fraction of sp³-hybridized carbons (Fsp3) is 0.571. The molecule has 3 aliphatic rings. The van der Waals surface area contributed by atoms with Crippen molar-refractivity contribution in [1.82, 2.24) is 9.80 Å². The van der Waals surface area contributed by atoms with Gasteiger partial charge >= 0.3 is 0 Å². The molecule has 0 bridgehead atoms. The van der Waals surface area contributed by atoms with Gasteiger partial charge in [0.05, 0.1) is 11.1 Å². The van der Waals surface area contributed by atoms with Crippen molar-refractivity contribution in [2.45, 2.75) is 38.8 Å². The van der Waals surface area contributed by atoms with Crippen molar-refractivity contribution in [3.63, 3.8) is 0 Å². The van der Waals surface area contributed by atoms with Crippen molar-refractivity contribution >= 4 is 11.6 Å². The van der Waals surface area contributed by atoms with Gasteiger partial charge in [-0.25, -0.2) is 8.78 Å². The van der Waals surface area contributed by atoms with E-state index in [1.54, 1.807) is 27.7 Å². The molecule has 0 spiro atoms. The van der Waals surface area contributed by atoms with Crippen molar-refractivity contribution in [2.75, 3.05) is 13.1 Å². The van der Waals surface area contributed by atoms with Crippen molar-refractivity contribution in [2.24, 2.45) is 0 Å². The molecule has 0 aromatic heterocycles. The van der Waals surface area contributed by atoms with Crippen molar-refractivity contribution in [3.05, 3.63) is 23.0 Å². The van der Waals surface area contributed by atoms with Crippen LogP contribution in [0.2, 0.25) is 0 Å². The predicted octanol–water partition coefficient (Wildman–Crippen LogP) is 1.69. The lowest BCUT2D eigenvalue weighted by molar-refractivity contribution is -0.120. The molecule has 3 rings (SSSR count). The molecule has 2 heterocycles. The number of carbonyl (C=O) groups is 2. The van der Waals surface area contributed by atoms with Crippen LogP contribution in [0.1, 0.15) is 27.7 Å². The molecule has 2 aliphatic heterocycles. The molecule has 108 valence electrons. The van der Waals surface area contributed by atoms with E-state index in [1.807, 2.05) is 0 Å². The monoisotopic (exact) mass is 282 g/mol. The molecule has 6 heteroatoms. The summed E-state index contributed by atoms with van der Waals surface area (Å²) in [6.45, 7) is 8.08. The summed E-state index contributed by atoms with van der Waals surface area (Å²) in [5.41, 5.74) is -1.67. The summed E-state index contributed by atoms with van der Waals surface area (Å²) in [6.07, 6.45) is 0. The van der Waals surface area contributed by atoms with E-state index in [4.69, 9.17) is 0 Å². The fourth-order valence-electron chi connectivity index (χ4n) is 2.57. The molecule has 0 amide bonds. The van der Waals surface area contributed by atoms with Gasteiger partial charge in [-0.1, -0.05) is 0 Å². The van der Waals surface area contributed by atoms with Gasteiger partial charge in [0.15, 0.2) is 11.7 Å². The molecule has 0 aromatic carbocycles. The van der Waals surface area contributed by atoms with Crippen LogP contribution >= 0.6 is 0 Å². The van der Waals surface area contributed by atoms with E-state index in [0.29, 0.717) is 13.1 Å². The second-order valence-electron chi connectivity index (χ2n) is 6.78. The minimum atomic E-state index is -1.14. The zero-order valence-electron chi connectivity index (χ0n) is 11.9. The number of hydrogen-bond donors (Lipinski definition) is 0. The third-order valence-electron chi connectivity index (χ3n) is 4.13. The molecule has 1 aliphatic carbocycles. The lowest BCUT2D eigenvalue weighted by Crippen LogP contribution is -2.30.